The molecule has 1 amide bonds. The summed E-state index contributed by atoms with van der Waals surface area (Å²) < 4.78 is 1.91. The van der Waals surface area contributed by atoms with E-state index in [2.05, 4.69) is 45.0 Å². The molecule has 1 aromatic heterocycles. The molecule has 4 nitrogen and oxygen atoms in total. The SMILES string of the molecule is Cc1cc(C)cc(N2CCC(n3ccc(C4(C)CCCC4)n3)C2=O)c1. The highest BCUT2D eigenvalue weighted by Crippen LogP contribution is 2.40. The average Bonchev–Trinajstić information content (AvgIpc) is 3.26. The minimum absolute atomic E-state index is 0.163. The van der Waals surface area contributed by atoms with Gasteiger partial charge in [-0.1, -0.05) is 25.8 Å². The van der Waals surface area contributed by atoms with Crippen LogP contribution in [0.1, 0.15) is 61.9 Å². The smallest absolute Gasteiger partial charge is 0.251 e. The molecule has 132 valence electrons. The summed E-state index contributed by atoms with van der Waals surface area (Å²) in [4.78, 5) is 14.9. The highest BCUT2D eigenvalue weighted by molar-refractivity contribution is 5.98. The van der Waals surface area contributed by atoms with Crippen LogP contribution in [0.4, 0.5) is 5.69 Å². The van der Waals surface area contributed by atoms with E-state index < -0.39 is 0 Å². The predicted molar refractivity (Wildman–Crippen MR) is 100.0 cm³/mol. The Balaban J connectivity index is 1.57. The van der Waals surface area contributed by atoms with Gasteiger partial charge in [0, 0.05) is 23.8 Å². The quantitative estimate of drug-likeness (QED) is 0.837. The molecule has 1 saturated carbocycles. The third-order valence-electron chi connectivity index (χ3n) is 5.95. The monoisotopic (exact) mass is 337 g/mol. The van der Waals surface area contributed by atoms with Gasteiger partial charge < -0.3 is 4.90 Å². The van der Waals surface area contributed by atoms with Crippen molar-refractivity contribution >= 4 is 11.6 Å². The van der Waals surface area contributed by atoms with Crippen LogP contribution in [0.2, 0.25) is 0 Å². The molecule has 0 spiro atoms. The molecule has 1 aliphatic heterocycles. The van der Waals surface area contributed by atoms with E-state index in [0.29, 0.717) is 0 Å². The lowest BCUT2D eigenvalue weighted by Crippen LogP contribution is -2.29. The summed E-state index contributed by atoms with van der Waals surface area (Å²) in [5, 5.41) is 4.83. The lowest BCUT2D eigenvalue weighted by molar-refractivity contribution is -0.120. The van der Waals surface area contributed by atoms with Crippen LogP contribution in [0, 0.1) is 13.8 Å². The van der Waals surface area contributed by atoms with Gasteiger partial charge in [-0.3, -0.25) is 9.48 Å². The van der Waals surface area contributed by atoms with Gasteiger partial charge in [-0.05, 0) is 62.4 Å². The fraction of sp³-hybridized carbons (Fsp3) is 0.524. The maximum Gasteiger partial charge on any atom is 0.251 e. The van der Waals surface area contributed by atoms with E-state index in [1.165, 1.54) is 36.8 Å². The molecule has 1 atom stereocenters. The van der Waals surface area contributed by atoms with Gasteiger partial charge in [0.25, 0.3) is 5.91 Å². The number of amides is 1. The number of carbonyl (C=O) groups excluding carboxylic acids is 1. The molecule has 0 bridgehead atoms. The van der Waals surface area contributed by atoms with Crippen molar-refractivity contribution in [3.8, 4) is 0 Å². The van der Waals surface area contributed by atoms with Gasteiger partial charge in [0.05, 0.1) is 5.69 Å². The lowest BCUT2D eigenvalue weighted by atomic mass is 9.85. The largest absolute Gasteiger partial charge is 0.310 e. The molecular formula is C21H27N3O. The first-order valence-corrected chi connectivity index (χ1v) is 9.42. The van der Waals surface area contributed by atoms with Crippen LogP contribution in [0.3, 0.4) is 0 Å². The summed E-state index contributed by atoms with van der Waals surface area (Å²) in [7, 11) is 0. The number of aromatic nitrogens is 2. The van der Waals surface area contributed by atoms with Crippen LogP contribution in [-0.4, -0.2) is 22.2 Å². The molecule has 0 N–H and O–H groups in total. The Bertz CT molecular complexity index is 781. The number of anilines is 1. The Hall–Kier alpha value is -2.10. The normalized spacial score (nSPS) is 22.8. The van der Waals surface area contributed by atoms with E-state index >= 15 is 0 Å². The zero-order valence-corrected chi connectivity index (χ0v) is 15.5. The second-order valence-electron chi connectivity index (χ2n) is 8.09. The fourth-order valence-electron chi connectivity index (χ4n) is 4.52. The van der Waals surface area contributed by atoms with Gasteiger partial charge in [0.1, 0.15) is 6.04 Å². The van der Waals surface area contributed by atoms with Crippen LogP contribution in [0.15, 0.2) is 30.5 Å². The zero-order valence-electron chi connectivity index (χ0n) is 15.5. The van der Waals surface area contributed by atoms with Gasteiger partial charge in [-0.2, -0.15) is 5.10 Å². The maximum atomic E-state index is 13.0. The molecule has 4 heteroatoms. The molecule has 25 heavy (non-hydrogen) atoms. The van der Waals surface area contributed by atoms with Gasteiger partial charge in [0.15, 0.2) is 0 Å². The number of hydrogen-bond acceptors (Lipinski definition) is 2. The Kier molecular flexibility index (Phi) is 3.94. The molecule has 1 aliphatic carbocycles. The number of rotatable bonds is 3. The summed E-state index contributed by atoms with van der Waals surface area (Å²) >= 11 is 0. The Labute approximate surface area is 149 Å². The first-order chi connectivity index (χ1) is 12.0. The van der Waals surface area contributed by atoms with Crippen molar-refractivity contribution in [2.24, 2.45) is 0 Å². The summed E-state index contributed by atoms with van der Waals surface area (Å²) in [5.74, 6) is 0.163. The van der Waals surface area contributed by atoms with E-state index in [9.17, 15) is 4.79 Å². The van der Waals surface area contributed by atoms with E-state index in [-0.39, 0.29) is 17.4 Å². The number of benzene rings is 1. The van der Waals surface area contributed by atoms with E-state index in [1.807, 2.05) is 15.8 Å². The molecular weight excluding hydrogens is 310 g/mol. The molecule has 1 aromatic carbocycles. The van der Waals surface area contributed by atoms with Gasteiger partial charge in [-0.25, -0.2) is 0 Å². The lowest BCUT2D eigenvalue weighted by Gasteiger charge is -2.21. The summed E-state index contributed by atoms with van der Waals surface area (Å²) in [6, 6.07) is 8.30. The second-order valence-corrected chi connectivity index (χ2v) is 8.09. The summed E-state index contributed by atoms with van der Waals surface area (Å²) in [5.41, 5.74) is 4.76. The zero-order chi connectivity index (χ0) is 17.6. The Morgan fingerprint density at radius 1 is 1.12 bits per heavy atom. The standard InChI is InChI=1S/C21H27N3O/c1-15-12-16(2)14-17(13-15)23-10-6-18(20(23)25)24-11-7-19(22-24)21(3)8-4-5-9-21/h7,11-14,18H,4-6,8-10H2,1-3H3. The van der Waals surface area contributed by atoms with Crippen molar-refractivity contribution in [3.05, 3.63) is 47.3 Å². The van der Waals surface area contributed by atoms with Crippen molar-refractivity contribution in [1.82, 2.24) is 9.78 Å². The molecule has 1 unspecified atom stereocenters. The minimum Gasteiger partial charge on any atom is -0.310 e. The van der Waals surface area contributed by atoms with Crippen molar-refractivity contribution in [1.29, 1.82) is 0 Å². The number of nitrogens with zero attached hydrogens (tertiary/aromatic N) is 3. The fourth-order valence-corrected chi connectivity index (χ4v) is 4.52. The number of carbonyl (C=O) groups is 1. The molecule has 1 saturated heterocycles. The molecule has 2 aliphatic rings. The molecule has 2 aromatic rings. The first kappa shape index (κ1) is 16.4. The van der Waals surface area contributed by atoms with Crippen LogP contribution in [0.5, 0.6) is 0 Å². The van der Waals surface area contributed by atoms with Gasteiger partial charge in [0.2, 0.25) is 0 Å². The van der Waals surface area contributed by atoms with Crippen LogP contribution in [0.25, 0.3) is 0 Å². The van der Waals surface area contributed by atoms with Crippen molar-refractivity contribution in [2.75, 3.05) is 11.4 Å². The van der Waals surface area contributed by atoms with Crippen molar-refractivity contribution < 1.29 is 4.79 Å². The highest BCUT2D eigenvalue weighted by atomic mass is 16.2. The second kappa shape index (κ2) is 6.01. The van der Waals surface area contributed by atoms with Gasteiger partial charge >= 0.3 is 0 Å². The summed E-state index contributed by atoms with van der Waals surface area (Å²) in [6.07, 6.45) is 7.81. The minimum atomic E-state index is -0.167. The Morgan fingerprint density at radius 2 is 1.80 bits per heavy atom. The number of aryl methyl sites for hydroxylation is 2. The molecule has 2 heterocycles. The maximum absolute atomic E-state index is 13.0. The molecule has 0 radical (unpaired) electrons. The molecule has 4 rings (SSSR count). The third-order valence-corrected chi connectivity index (χ3v) is 5.95. The Morgan fingerprint density at radius 3 is 2.48 bits per heavy atom. The van der Waals surface area contributed by atoms with Crippen LogP contribution >= 0.6 is 0 Å². The van der Waals surface area contributed by atoms with Crippen LogP contribution < -0.4 is 4.90 Å². The molecule has 2 fully saturated rings. The van der Waals surface area contributed by atoms with Crippen LogP contribution in [-0.2, 0) is 10.2 Å². The number of hydrogen-bond donors (Lipinski definition) is 0. The predicted octanol–water partition coefficient (Wildman–Crippen LogP) is 4.31. The first-order valence-electron chi connectivity index (χ1n) is 9.42. The topological polar surface area (TPSA) is 38.1 Å². The van der Waals surface area contributed by atoms with Gasteiger partial charge in [-0.15, -0.1) is 0 Å². The average molecular weight is 337 g/mol. The van der Waals surface area contributed by atoms with E-state index in [4.69, 9.17) is 5.10 Å². The van der Waals surface area contributed by atoms with Crippen molar-refractivity contribution in [3.63, 3.8) is 0 Å². The highest BCUT2D eigenvalue weighted by Gasteiger charge is 2.37. The third kappa shape index (κ3) is 2.88. The van der Waals surface area contributed by atoms with E-state index in [1.54, 1.807) is 0 Å². The van der Waals surface area contributed by atoms with Crippen molar-refractivity contribution in [2.45, 2.75) is 64.3 Å². The summed E-state index contributed by atoms with van der Waals surface area (Å²) in [6.45, 7) is 7.23. The van der Waals surface area contributed by atoms with E-state index in [0.717, 1.165) is 24.3 Å².